The van der Waals surface area contributed by atoms with Crippen molar-refractivity contribution < 1.29 is 9.53 Å². The molecule has 1 aromatic rings. The molecule has 0 amide bonds. The molecular weight excluding hydrogens is 340 g/mol. The lowest BCUT2D eigenvalue weighted by Crippen LogP contribution is -2.45. The minimum atomic E-state index is -0.538. The summed E-state index contributed by atoms with van der Waals surface area (Å²) in [7, 11) is 0. The number of carbonyl (C=O) groups is 1. The SMILES string of the molecule is Cc1cc(Br)cc(Cl)c1C1=CC(C)(C)C(C)(C)OC1=O. The molecule has 0 aromatic heterocycles. The third kappa shape index (κ3) is 2.53. The second-order valence-electron chi connectivity index (χ2n) is 6.26. The Hall–Kier alpha value is -0.800. The summed E-state index contributed by atoms with van der Waals surface area (Å²) in [5.41, 5.74) is 1.44. The van der Waals surface area contributed by atoms with Gasteiger partial charge < -0.3 is 4.74 Å². The highest BCUT2D eigenvalue weighted by Crippen LogP contribution is 2.44. The van der Waals surface area contributed by atoms with Crippen LogP contribution in [-0.4, -0.2) is 11.6 Å². The van der Waals surface area contributed by atoms with Crippen LogP contribution in [0.4, 0.5) is 0 Å². The van der Waals surface area contributed by atoms with Crippen LogP contribution in [0.15, 0.2) is 22.7 Å². The van der Waals surface area contributed by atoms with E-state index in [0.717, 1.165) is 15.6 Å². The minimum absolute atomic E-state index is 0.265. The molecule has 0 aliphatic carbocycles. The monoisotopic (exact) mass is 356 g/mol. The molecule has 1 aliphatic rings. The first-order chi connectivity index (χ1) is 9.05. The maximum Gasteiger partial charge on any atom is 0.339 e. The fourth-order valence-electron chi connectivity index (χ4n) is 2.23. The normalized spacial score (nSPS) is 20.4. The van der Waals surface area contributed by atoms with Crippen LogP contribution in [0.25, 0.3) is 5.57 Å². The Morgan fingerprint density at radius 1 is 1.20 bits per heavy atom. The Balaban J connectivity index is 2.65. The van der Waals surface area contributed by atoms with Gasteiger partial charge in [-0.05, 0) is 38.5 Å². The fraction of sp³-hybridized carbons (Fsp3) is 0.438. The number of esters is 1. The zero-order valence-corrected chi connectivity index (χ0v) is 14.6. The molecular formula is C16H18BrClO2. The Morgan fingerprint density at radius 2 is 1.80 bits per heavy atom. The van der Waals surface area contributed by atoms with Crippen LogP contribution >= 0.6 is 27.5 Å². The summed E-state index contributed by atoms with van der Waals surface area (Å²) >= 11 is 9.73. The van der Waals surface area contributed by atoms with Gasteiger partial charge in [-0.1, -0.05) is 47.5 Å². The molecule has 108 valence electrons. The number of carbonyl (C=O) groups excluding carboxylic acids is 1. The van der Waals surface area contributed by atoms with E-state index >= 15 is 0 Å². The molecule has 0 atom stereocenters. The molecule has 0 unspecified atom stereocenters. The number of hydrogen-bond donors (Lipinski definition) is 0. The van der Waals surface area contributed by atoms with Gasteiger partial charge >= 0.3 is 5.97 Å². The average molecular weight is 358 g/mol. The Morgan fingerprint density at radius 3 is 2.35 bits per heavy atom. The first-order valence-corrected chi connectivity index (χ1v) is 7.64. The van der Waals surface area contributed by atoms with Crippen molar-refractivity contribution in [2.45, 2.75) is 40.2 Å². The van der Waals surface area contributed by atoms with E-state index in [1.165, 1.54) is 0 Å². The number of hydrogen-bond acceptors (Lipinski definition) is 2. The molecule has 1 aliphatic heterocycles. The molecule has 0 saturated heterocycles. The van der Waals surface area contributed by atoms with E-state index in [2.05, 4.69) is 29.8 Å². The summed E-state index contributed by atoms with van der Waals surface area (Å²) < 4.78 is 6.52. The van der Waals surface area contributed by atoms with Crippen molar-refractivity contribution in [1.82, 2.24) is 0 Å². The molecule has 0 bridgehead atoms. The van der Waals surface area contributed by atoms with Gasteiger partial charge in [-0.3, -0.25) is 0 Å². The smallest absolute Gasteiger partial charge is 0.339 e. The van der Waals surface area contributed by atoms with Crippen molar-refractivity contribution in [3.8, 4) is 0 Å². The van der Waals surface area contributed by atoms with Crippen LogP contribution < -0.4 is 0 Å². The molecule has 4 heteroatoms. The van der Waals surface area contributed by atoms with E-state index in [1.54, 1.807) is 6.07 Å². The number of halogens is 2. The lowest BCUT2D eigenvalue weighted by Gasteiger charge is -2.42. The summed E-state index contributed by atoms with van der Waals surface area (Å²) in [5, 5.41) is 0.551. The molecule has 0 N–H and O–H groups in total. The molecule has 0 radical (unpaired) electrons. The summed E-state index contributed by atoms with van der Waals surface area (Å²) in [4.78, 5) is 12.3. The van der Waals surface area contributed by atoms with E-state index < -0.39 is 5.60 Å². The van der Waals surface area contributed by atoms with Gasteiger partial charge in [-0.2, -0.15) is 0 Å². The van der Waals surface area contributed by atoms with Gasteiger partial charge in [0.1, 0.15) is 5.60 Å². The van der Waals surface area contributed by atoms with Crippen molar-refractivity contribution in [1.29, 1.82) is 0 Å². The molecule has 0 fully saturated rings. The first kappa shape index (κ1) is 15.6. The maximum atomic E-state index is 12.3. The standard InChI is InChI=1S/C16H18BrClO2/c1-9-6-10(17)7-12(18)13(9)11-8-15(2,3)16(4,5)20-14(11)19/h6-8H,1-5H3. The second-order valence-corrected chi connectivity index (χ2v) is 7.58. The van der Waals surface area contributed by atoms with Crippen molar-refractivity contribution in [2.24, 2.45) is 5.41 Å². The van der Waals surface area contributed by atoms with Crippen LogP contribution in [-0.2, 0) is 9.53 Å². The van der Waals surface area contributed by atoms with Crippen LogP contribution in [0.5, 0.6) is 0 Å². The lowest BCUT2D eigenvalue weighted by molar-refractivity contribution is -0.160. The Kier molecular flexibility index (Phi) is 3.81. The van der Waals surface area contributed by atoms with E-state index in [9.17, 15) is 4.79 Å². The lowest BCUT2D eigenvalue weighted by atomic mass is 9.73. The van der Waals surface area contributed by atoms with Gasteiger partial charge in [0.05, 0.1) is 10.6 Å². The van der Waals surface area contributed by atoms with Gasteiger partial charge in [0.15, 0.2) is 0 Å². The summed E-state index contributed by atoms with van der Waals surface area (Å²) in [6.45, 7) is 9.90. The molecule has 0 spiro atoms. The maximum absolute atomic E-state index is 12.3. The molecule has 2 nitrogen and oxygen atoms in total. The average Bonchev–Trinajstić information content (AvgIpc) is 2.23. The molecule has 20 heavy (non-hydrogen) atoms. The quantitative estimate of drug-likeness (QED) is 0.649. The predicted molar refractivity (Wildman–Crippen MR) is 85.8 cm³/mol. The zero-order chi connectivity index (χ0) is 15.3. The highest BCUT2D eigenvalue weighted by Gasteiger charge is 2.44. The largest absolute Gasteiger partial charge is 0.455 e. The predicted octanol–water partition coefficient (Wildman–Crippen LogP) is 5.16. The summed E-state index contributed by atoms with van der Waals surface area (Å²) in [6.07, 6.45) is 1.97. The summed E-state index contributed by atoms with van der Waals surface area (Å²) in [6, 6.07) is 3.74. The van der Waals surface area contributed by atoms with Crippen molar-refractivity contribution >= 4 is 39.1 Å². The molecule has 1 aromatic carbocycles. The highest BCUT2D eigenvalue weighted by molar-refractivity contribution is 9.10. The minimum Gasteiger partial charge on any atom is -0.455 e. The fourth-order valence-corrected chi connectivity index (χ4v) is 3.30. The van der Waals surface area contributed by atoms with E-state index in [-0.39, 0.29) is 11.4 Å². The summed E-state index contributed by atoms with van der Waals surface area (Å²) in [5.74, 6) is -0.318. The first-order valence-electron chi connectivity index (χ1n) is 6.47. The van der Waals surface area contributed by atoms with Crippen molar-refractivity contribution in [3.05, 3.63) is 38.8 Å². The molecule has 0 saturated carbocycles. The topological polar surface area (TPSA) is 26.3 Å². The highest BCUT2D eigenvalue weighted by atomic mass is 79.9. The van der Waals surface area contributed by atoms with Gasteiger partial charge in [0.25, 0.3) is 0 Å². The van der Waals surface area contributed by atoms with E-state index in [4.69, 9.17) is 16.3 Å². The van der Waals surface area contributed by atoms with Crippen molar-refractivity contribution in [2.75, 3.05) is 0 Å². The Bertz CT molecular complexity index is 592. The third-order valence-electron chi connectivity index (χ3n) is 4.15. The van der Waals surface area contributed by atoms with E-state index in [1.807, 2.05) is 32.9 Å². The third-order valence-corrected chi connectivity index (χ3v) is 4.90. The number of rotatable bonds is 1. The molecule has 2 rings (SSSR count). The van der Waals surface area contributed by atoms with Gasteiger partial charge in [0, 0.05) is 15.5 Å². The number of benzene rings is 1. The number of cyclic esters (lactones) is 1. The number of aryl methyl sites for hydroxylation is 1. The van der Waals surface area contributed by atoms with E-state index in [0.29, 0.717) is 10.6 Å². The molecule has 1 heterocycles. The van der Waals surface area contributed by atoms with Gasteiger partial charge in [-0.25, -0.2) is 4.79 Å². The van der Waals surface area contributed by atoms with Gasteiger partial charge in [-0.15, -0.1) is 0 Å². The van der Waals surface area contributed by atoms with Crippen LogP contribution in [0.1, 0.15) is 38.8 Å². The van der Waals surface area contributed by atoms with Crippen molar-refractivity contribution in [3.63, 3.8) is 0 Å². The van der Waals surface area contributed by atoms with Crippen LogP contribution in [0.2, 0.25) is 5.02 Å². The van der Waals surface area contributed by atoms with Crippen LogP contribution in [0.3, 0.4) is 0 Å². The van der Waals surface area contributed by atoms with Gasteiger partial charge in [0.2, 0.25) is 0 Å². The second kappa shape index (κ2) is 4.88. The Labute approximate surface area is 133 Å². The zero-order valence-electron chi connectivity index (χ0n) is 12.3. The number of ether oxygens (including phenoxy) is 1. The van der Waals surface area contributed by atoms with Crippen LogP contribution in [0, 0.1) is 12.3 Å².